The van der Waals surface area contributed by atoms with Gasteiger partial charge in [0.15, 0.2) is 5.89 Å². The van der Waals surface area contributed by atoms with Crippen molar-refractivity contribution in [2.45, 2.75) is 20.8 Å². The SMILES string of the molecule is Cc1nc(-c2ccc(NC(=O)c3ccc4nc(C)c(C)nc4c3)cc2)co1. The van der Waals surface area contributed by atoms with Crippen molar-refractivity contribution >= 4 is 22.6 Å². The number of nitrogens with one attached hydrogen (secondary N) is 1. The number of rotatable bonds is 3. The molecule has 6 heteroatoms. The van der Waals surface area contributed by atoms with Gasteiger partial charge in [-0.15, -0.1) is 0 Å². The van der Waals surface area contributed by atoms with Crippen LogP contribution in [0.3, 0.4) is 0 Å². The average Bonchev–Trinajstić information content (AvgIpc) is 3.09. The van der Waals surface area contributed by atoms with Crippen LogP contribution in [0.15, 0.2) is 53.1 Å². The Bertz CT molecular complexity index is 1150. The lowest BCUT2D eigenvalue weighted by Gasteiger charge is -2.07. The fourth-order valence-electron chi connectivity index (χ4n) is 2.80. The molecule has 2 aromatic carbocycles. The summed E-state index contributed by atoms with van der Waals surface area (Å²) in [5.74, 6) is 0.425. The number of amides is 1. The maximum absolute atomic E-state index is 12.6. The van der Waals surface area contributed by atoms with Crippen molar-refractivity contribution in [2.24, 2.45) is 0 Å². The second-order valence-corrected chi connectivity index (χ2v) is 6.38. The fraction of sp³-hybridized carbons (Fsp3) is 0.143. The highest BCUT2D eigenvalue weighted by Crippen LogP contribution is 2.21. The van der Waals surface area contributed by atoms with Gasteiger partial charge in [-0.05, 0) is 44.2 Å². The summed E-state index contributed by atoms with van der Waals surface area (Å²) in [7, 11) is 0. The van der Waals surface area contributed by atoms with E-state index in [1.54, 1.807) is 25.3 Å². The predicted octanol–water partition coefficient (Wildman–Crippen LogP) is 4.46. The van der Waals surface area contributed by atoms with Crippen molar-refractivity contribution in [1.29, 1.82) is 0 Å². The van der Waals surface area contributed by atoms with Gasteiger partial charge in [0, 0.05) is 23.7 Å². The lowest BCUT2D eigenvalue weighted by atomic mass is 10.1. The van der Waals surface area contributed by atoms with Gasteiger partial charge in [0.1, 0.15) is 12.0 Å². The Morgan fingerprint density at radius 2 is 1.59 bits per heavy atom. The molecule has 0 radical (unpaired) electrons. The van der Waals surface area contributed by atoms with E-state index in [1.807, 2.05) is 44.2 Å². The van der Waals surface area contributed by atoms with Gasteiger partial charge in [0.2, 0.25) is 0 Å². The second kappa shape index (κ2) is 6.64. The van der Waals surface area contributed by atoms with E-state index in [0.29, 0.717) is 22.7 Å². The standard InChI is InChI=1S/C21H18N4O2/c1-12-13(2)23-19-10-16(6-9-18(19)22-12)21(26)25-17-7-4-15(5-8-17)20-11-27-14(3)24-20/h4-11H,1-3H3,(H,25,26). The lowest BCUT2D eigenvalue weighted by molar-refractivity contribution is 0.102. The zero-order chi connectivity index (χ0) is 19.0. The minimum Gasteiger partial charge on any atom is -0.449 e. The van der Waals surface area contributed by atoms with Crippen molar-refractivity contribution in [1.82, 2.24) is 15.0 Å². The zero-order valence-corrected chi connectivity index (χ0v) is 15.3. The van der Waals surface area contributed by atoms with Gasteiger partial charge < -0.3 is 9.73 Å². The van der Waals surface area contributed by atoms with Crippen LogP contribution in [0.1, 0.15) is 27.6 Å². The number of carbonyl (C=O) groups excluding carboxylic acids is 1. The summed E-state index contributed by atoms with van der Waals surface area (Å²) in [5.41, 5.74) is 6.18. The molecule has 0 unspecified atom stereocenters. The maximum Gasteiger partial charge on any atom is 0.255 e. The van der Waals surface area contributed by atoms with E-state index >= 15 is 0 Å². The topological polar surface area (TPSA) is 80.9 Å². The minimum atomic E-state index is -0.193. The molecule has 0 aliphatic rings. The molecule has 0 aliphatic heterocycles. The highest BCUT2D eigenvalue weighted by atomic mass is 16.3. The van der Waals surface area contributed by atoms with E-state index in [9.17, 15) is 4.79 Å². The van der Waals surface area contributed by atoms with Crippen molar-refractivity contribution in [3.8, 4) is 11.3 Å². The molecular formula is C21H18N4O2. The third-order valence-corrected chi connectivity index (χ3v) is 4.40. The number of aromatic nitrogens is 3. The molecule has 6 nitrogen and oxygen atoms in total. The average molecular weight is 358 g/mol. The van der Waals surface area contributed by atoms with Crippen molar-refractivity contribution in [3.63, 3.8) is 0 Å². The lowest BCUT2D eigenvalue weighted by Crippen LogP contribution is -2.12. The number of aryl methyl sites for hydroxylation is 3. The van der Waals surface area contributed by atoms with Gasteiger partial charge in [0.25, 0.3) is 5.91 Å². The van der Waals surface area contributed by atoms with Crippen molar-refractivity contribution in [2.75, 3.05) is 5.32 Å². The molecular weight excluding hydrogens is 340 g/mol. The van der Waals surface area contributed by atoms with Gasteiger partial charge in [-0.3, -0.25) is 4.79 Å². The van der Waals surface area contributed by atoms with Crippen LogP contribution in [0.4, 0.5) is 5.69 Å². The number of benzene rings is 2. The van der Waals surface area contributed by atoms with Crippen LogP contribution in [-0.4, -0.2) is 20.9 Å². The van der Waals surface area contributed by atoms with E-state index in [2.05, 4.69) is 20.3 Å². The van der Waals surface area contributed by atoms with Crippen LogP contribution in [0.5, 0.6) is 0 Å². The van der Waals surface area contributed by atoms with E-state index in [1.165, 1.54) is 0 Å². The summed E-state index contributed by atoms with van der Waals surface area (Å²) < 4.78 is 5.23. The molecule has 1 amide bonds. The first kappa shape index (κ1) is 16.9. The summed E-state index contributed by atoms with van der Waals surface area (Å²) in [6, 6.07) is 12.8. The van der Waals surface area contributed by atoms with Gasteiger partial charge in [-0.1, -0.05) is 12.1 Å². The van der Waals surface area contributed by atoms with E-state index < -0.39 is 0 Å². The Morgan fingerprint density at radius 1 is 0.889 bits per heavy atom. The Kier molecular flexibility index (Phi) is 4.16. The fourth-order valence-corrected chi connectivity index (χ4v) is 2.80. The number of nitrogens with zero attached hydrogens (tertiary/aromatic N) is 3. The molecule has 134 valence electrons. The molecule has 0 saturated heterocycles. The van der Waals surface area contributed by atoms with Crippen LogP contribution in [-0.2, 0) is 0 Å². The summed E-state index contributed by atoms with van der Waals surface area (Å²) >= 11 is 0. The molecule has 0 spiro atoms. The molecule has 4 aromatic rings. The van der Waals surface area contributed by atoms with Crippen LogP contribution in [0.2, 0.25) is 0 Å². The third-order valence-electron chi connectivity index (χ3n) is 4.40. The summed E-state index contributed by atoms with van der Waals surface area (Å²) in [6.45, 7) is 5.63. The van der Waals surface area contributed by atoms with Crippen molar-refractivity contribution in [3.05, 3.63) is 71.6 Å². The number of carbonyl (C=O) groups is 1. The normalized spacial score (nSPS) is 10.9. The number of hydrogen-bond donors (Lipinski definition) is 1. The smallest absolute Gasteiger partial charge is 0.255 e. The predicted molar refractivity (Wildman–Crippen MR) is 104 cm³/mol. The molecule has 0 saturated carbocycles. The number of hydrogen-bond acceptors (Lipinski definition) is 5. The Hall–Kier alpha value is -3.54. The number of anilines is 1. The summed E-state index contributed by atoms with van der Waals surface area (Å²) in [5, 5.41) is 2.90. The second-order valence-electron chi connectivity index (χ2n) is 6.38. The third kappa shape index (κ3) is 3.42. The molecule has 0 fully saturated rings. The summed E-state index contributed by atoms with van der Waals surface area (Å²) in [6.07, 6.45) is 1.61. The van der Waals surface area contributed by atoms with Crippen LogP contribution in [0, 0.1) is 20.8 Å². The molecule has 4 rings (SSSR count). The van der Waals surface area contributed by atoms with E-state index in [0.717, 1.165) is 28.2 Å². The van der Waals surface area contributed by atoms with Crippen LogP contribution < -0.4 is 5.32 Å². The first-order valence-corrected chi connectivity index (χ1v) is 8.58. The molecule has 2 heterocycles. The first-order chi connectivity index (χ1) is 13.0. The highest BCUT2D eigenvalue weighted by Gasteiger charge is 2.10. The largest absolute Gasteiger partial charge is 0.449 e. The zero-order valence-electron chi connectivity index (χ0n) is 15.3. The van der Waals surface area contributed by atoms with E-state index in [4.69, 9.17) is 4.42 Å². The quantitative estimate of drug-likeness (QED) is 0.585. The molecule has 27 heavy (non-hydrogen) atoms. The molecule has 0 bridgehead atoms. The number of fused-ring (bicyclic) bond motifs is 1. The molecule has 1 N–H and O–H groups in total. The van der Waals surface area contributed by atoms with Crippen LogP contribution in [0.25, 0.3) is 22.3 Å². The van der Waals surface area contributed by atoms with E-state index in [-0.39, 0.29) is 5.91 Å². The minimum absolute atomic E-state index is 0.193. The summed E-state index contributed by atoms with van der Waals surface area (Å²) in [4.78, 5) is 25.9. The Labute approximate surface area is 156 Å². The van der Waals surface area contributed by atoms with Crippen LogP contribution >= 0.6 is 0 Å². The molecule has 0 atom stereocenters. The van der Waals surface area contributed by atoms with Gasteiger partial charge in [0.05, 0.1) is 22.4 Å². The Morgan fingerprint density at radius 3 is 2.26 bits per heavy atom. The monoisotopic (exact) mass is 358 g/mol. The van der Waals surface area contributed by atoms with Gasteiger partial charge in [-0.25, -0.2) is 15.0 Å². The molecule has 0 aliphatic carbocycles. The van der Waals surface area contributed by atoms with Gasteiger partial charge >= 0.3 is 0 Å². The van der Waals surface area contributed by atoms with Gasteiger partial charge in [-0.2, -0.15) is 0 Å². The first-order valence-electron chi connectivity index (χ1n) is 8.58. The highest BCUT2D eigenvalue weighted by molar-refractivity contribution is 6.06. The molecule has 2 aromatic heterocycles. The maximum atomic E-state index is 12.6. The van der Waals surface area contributed by atoms with Crippen molar-refractivity contribution < 1.29 is 9.21 Å². The Balaban J connectivity index is 1.55. The number of oxazole rings is 1.